The van der Waals surface area contributed by atoms with Crippen LogP contribution in [0.1, 0.15) is 40.5 Å². The molecule has 0 spiro atoms. The fourth-order valence-electron chi connectivity index (χ4n) is 1.66. The Hall–Kier alpha value is -1.03. The molecule has 1 unspecified atom stereocenters. The predicted octanol–water partition coefficient (Wildman–Crippen LogP) is 3.77. The lowest BCUT2D eigenvalue weighted by Gasteiger charge is -2.17. The molecule has 0 amide bonds. The molecule has 0 radical (unpaired) electrons. The standard InChI is InChI=1S/C13H22ClN3O/c1-5-6-15-13-16-8-11(14)12(17-13)18-10(4)7-9(2)3/h8-10H,5-7H2,1-4H3,(H,15,16,17). The van der Waals surface area contributed by atoms with Crippen molar-refractivity contribution >= 4 is 17.5 Å². The van der Waals surface area contributed by atoms with Crippen LogP contribution in [0.3, 0.4) is 0 Å². The Morgan fingerprint density at radius 2 is 2.11 bits per heavy atom. The second kappa shape index (κ2) is 7.41. The second-order valence-corrected chi connectivity index (χ2v) is 5.24. The summed E-state index contributed by atoms with van der Waals surface area (Å²) in [5.41, 5.74) is 0. The van der Waals surface area contributed by atoms with Gasteiger partial charge in [0.15, 0.2) is 0 Å². The number of hydrogen-bond acceptors (Lipinski definition) is 4. The number of nitrogens with zero attached hydrogens (tertiary/aromatic N) is 2. The van der Waals surface area contributed by atoms with Gasteiger partial charge in [-0.1, -0.05) is 32.4 Å². The van der Waals surface area contributed by atoms with Gasteiger partial charge in [-0.2, -0.15) is 4.98 Å². The van der Waals surface area contributed by atoms with Gasteiger partial charge in [-0.15, -0.1) is 0 Å². The first-order valence-corrected chi connectivity index (χ1v) is 6.83. The highest BCUT2D eigenvalue weighted by atomic mass is 35.5. The maximum Gasteiger partial charge on any atom is 0.237 e. The average Bonchev–Trinajstić information content (AvgIpc) is 2.29. The molecule has 5 heteroatoms. The Morgan fingerprint density at radius 1 is 1.39 bits per heavy atom. The first kappa shape index (κ1) is 15.0. The van der Waals surface area contributed by atoms with Crippen LogP contribution in [0, 0.1) is 5.92 Å². The molecule has 1 atom stereocenters. The fourth-order valence-corrected chi connectivity index (χ4v) is 1.79. The topological polar surface area (TPSA) is 47.0 Å². The molecule has 0 fully saturated rings. The quantitative estimate of drug-likeness (QED) is 0.820. The molecule has 0 bridgehead atoms. The van der Waals surface area contributed by atoms with Crippen molar-refractivity contribution in [1.82, 2.24) is 9.97 Å². The zero-order valence-corrected chi connectivity index (χ0v) is 12.3. The molecule has 1 heterocycles. The first-order chi connectivity index (χ1) is 8.52. The van der Waals surface area contributed by atoms with Crippen molar-refractivity contribution in [3.05, 3.63) is 11.2 Å². The van der Waals surface area contributed by atoms with E-state index in [0.29, 0.717) is 22.8 Å². The minimum Gasteiger partial charge on any atom is -0.473 e. The Labute approximate surface area is 114 Å². The Balaban J connectivity index is 2.68. The van der Waals surface area contributed by atoms with Crippen LogP contribution in [0.15, 0.2) is 6.20 Å². The third kappa shape index (κ3) is 5.08. The summed E-state index contributed by atoms with van der Waals surface area (Å²) in [7, 11) is 0. The Bertz CT molecular complexity index is 371. The van der Waals surface area contributed by atoms with Crippen molar-refractivity contribution in [3.8, 4) is 5.88 Å². The maximum atomic E-state index is 6.03. The van der Waals surface area contributed by atoms with Crippen molar-refractivity contribution in [2.45, 2.75) is 46.6 Å². The van der Waals surface area contributed by atoms with E-state index in [0.717, 1.165) is 19.4 Å². The van der Waals surface area contributed by atoms with Crippen molar-refractivity contribution < 1.29 is 4.74 Å². The lowest BCUT2D eigenvalue weighted by atomic mass is 10.1. The van der Waals surface area contributed by atoms with Crippen molar-refractivity contribution in [1.29, 1.82) is 0 Å². The van der Waals surface area contributed by atoms with E-state index < -0.39 is 0 Å². The van der Waals surface area contributed by atoms with E-state index in [1.165, 1.54) is 0 Å². The maximum absolute atomic E-state index is 6.03. The zero-order chi connectivity index (χ0) is 13.5. The largest absolute Gasteiger partial charge is 0.473 e. The Kier molecular flexibility index (Phi) is 6.19. The Morgan fingerprint density at radius 3 is 2.72 bits per heavy atom. The number of rotatable bonds is 7. The molecule has 0 aliphatic heterocycles. The van der Waals surface area contributed by atoms with Crippen LogP contribution in [0.5, 0.6) is 5.88 Å². The van der Waals surface area contributed by atoms with Crippen molar-refractivity contribution in [2.24, 2.45) is 5.92 Å². The molecule has 1 aromatic rings. The van der Waals surface area contributed by atoms with Crippen LogP contribution in [0.2, 0.25) is 5.02 Å². The van der Waals surface area contributed by atoms with Gasteiger partial charge in [-0.05, 0) is 25.7 Å². The fraction of sp³-hybridized carbons (Fsp3) is 0.692. The normalized spacial score (nSPS) is 12.6. The molecule has 18 heavy (non-hydrogen) atoms. The van der Waals surface area contributed by atoms with Gasteiger partial charge in [0.05, 0.1) is 12.3 Å². The summed E-state index contributed by atoms with van der Waals surface area (Å²) in [5.74, 6) is 1.60. The van der Waals surface area contributed by atoms with Gasteiger partial charge in [-0.25, -0.2) is 4.98 Å². The van der Waals surface area contributed by atoms with E-state index in [-0.39, 0.29) is 6.10 Å². The molecular formula is C13H22ClN3O. The average molecular weight is 272 g/mol. The summed E-state index contributed by atoms with van der Waals surface area (Å²) in [6, 6.07) is 0. The number of halogens is 1. The lowest BCUT2D eigenvalue weighted by Crippen LogP contribution is -2.16. The van der Waals surface area contributed by atoms with Gasteiger partial charge < -0.3 is 10.1 Å². The van der Waals surface area contributed by atoms with Gasteiger partial charge in [0, 0.05) is 6.54 Å². The van der Waals surface area contributed by atoms with Gasteiger partial charge in [0.25, 0.3) is 0 Å². The number of hydrogen-bond donors (Lipinski definition) is 1. The van der Waals surface area contributed by atoms with E-state index in [9.17, 15) is 0 Å². The van der Waals surface area contributed by atoms with Gasteiger partial charge in [0.2, 0.25) is 11.8 Å². The number of aromatic nitrogens is 2. The van der Waals surface area contributed by atoms with Crippen LogP contribution >= 0.6 is 11.6 Å². The molecule has 1 N–H and O–H groups in total. The van der Waals surface area contributed by atoms with Crippen molar-refractivity contribution in [2.75, 3.05) is 11.9 Å². The SMILES string of the molecule is CCCNc1ncc(Cl)c(OC(C)CC(C)C)n1. The van der Waals surface area contributed by atoms with E-state index in [4.69, 9.17) is 16.3 Å². The van der Waals surface area contributed by atoms with E-state index >= 15 is 0 Å². The second-order valence-electron chi connectivity index (χ2n) is 4.83. The monoisotopic (exact) mass is 271 g/mol. The van der Waals surface area contributed by atoms with E-state index in [1.54, 1.807) is 6.20 Å². The molecule has 102 valence electrons. The molecule has 0 aliphatic rings. The molecule has 0 saturated heterocycles. The molecule has 4 nitrogen and oxygen atoms in total. The van der Waals surface area contributed by atoms with Crippen LogP contribution < -0.4 is 10.1 Å². The van der Waals surface area contributed by atoms with Crippen LogP contribution in [0.25, 0.3) is 0 Å². The van der Waals surface area contributed by atoms with Crippen LogP contribution in [-0.2, 0) is 0 Å². The smallest absolute Gasteiger partial charge is 0.237 e. The minimum absolute atomic E-state index is 0.0939. The highest BCUT2D eigenvalue weighted by Gasteiger charge is 2.12. The highest BCUT2D eigenvalue weighted by molar-refractivity contribution is 6.31. The predicted molar refractivity (Wildman–Crippen MR) is 75.4 cm³/mol. The highest BCUT2D eigenvalue weighted by Crippen LogP contribution is 2.24. The number of nitrogens with one attached hydrogen (secondary N) is 1. The minimum atomic E-state index is 0.0939. The van der Waals surface area contributed by atoms with E-state index in [1.807, 2.05) is 6.92 Å². The molecule has 1 aromatic heterocycles. The molecule has 0 aromatic carbocycles. The molecule has 0 saturated carbocycles. The van der Waals surface area contributed by atoms with Crippen LogP contribution in [-0.4, -0.2) is 22.6 Å². The number of ether oxygens (including phenoxy) is 1. The third-order valence-electron chi connectivity index (χ3n) is 2.36. The molecule has 0 aliphatic carbocycles. The first-order valence-electron chi connectivity index (χ1n) is 6.46. The summed E-state index contributed by atoms with van der Waals surface area (Å²) < 4.78 is 5.75. The van der Waals surface area contributed by atoms with Crippen LogP contribution in [0.4, 0.5) is 5.95 Å². The summed E-state index contributed by atoms with van der Waals surface area (Å²) in [6.45, 7) is 9.27. The summed E-state index contributed by atoms with van der Waals surface area (Å²) in [6.07, 6.45) is 3.66. The van der Waals surface area contributed by atoms with Crippen molar-refractivity contribution in [3.63, 3.8) is 0 Å². The van der Waals surface area contributed by atoms with Gasteiger partial charge >= 0.3 is 0 Å². The molecular weight excluding hydrogens is 250 g/mol. The summed E-state index contributed by atoms with van der Waals surface area (Å²) in [4.78, 5) is 8.39. The third-order valence-corrected chi connectivity index (χ3v) is 2.62. The zero-order valence-electron chi connectivity index (χ0n) is 11.5. The summed E-state index contributed by atoms with van der Waals surface area (Å²) in [5, 5.41) is 3.57. The van der Waals surface area contributed by atoms with Gasteiger partial charge in [0.1, 0.15) is 5.02 Å². The lowest BCUT2D eigenvalue weighted by molar-refractivity contribution is 0.186. The number of anilines is 1. The molecule has 1 rings (SSSR count). The van der Waals surface area contributed by atoms with Gasteiger partial charge in [-0.3, -0.25) is 0 Å². The summed E-state index contributed by atoms with van der Waals surface area (Å²) >= 11 is 6.03. The van der Waals surface area contributed by atoms with E-state index in [2.05, 4.69) is 36.1 Å².